The Morgan fingerprint density at radius 2 is 1.83 bits per heavy atom. The molecule has 1 atom stereocenters. The van der Waals surface area contributed by atoms with E-state index in [1.807, 2.05) is 23.1 Å². The molecule has 2 heterocycles. The Kier molecular flexibility index (Phi) is 5.54. The number of aliphatic hydroxyl groups excluding tert-OH is 2. The van der Waals surface area contributed by atoms with Gasteiger partial charge in [0.25, 0.3) is 0 Å². The molecule has 0 bridgehead atoms. The molecule has 1 spiro atoms. The quantitative estimate of drug-likeness (QED) is 0.812. The van der Waals surface area contributed by atoms with Crippen LogP contribution >= 0.6 is 0 Å². The van der Waals surface area contributed by atoms with Crippen molar-refractivity contribution in [2.75, 3.05) is 39.4 Å². The Labute approximate surface area is 143 Å². The lowest BCUT2D eigenvalue weighted by Gasteiger charge is -2.40. The molecule has 3 rings (SSSR count). The van der Waals surface area contributed by atoms with Gasteiger partial charge in [-0.15, -0.1) is 0 Å². The number of amides is 1. The lowest BCUT2D eigenvalue weighted by Crippen LogP contribution is -2.51. The highest BCUT2D eigenvalue weighted by Gasteiger charge is 2.49. The van der Waals surface area contributed by atoms with Gasteiger partial charge >= 0.3 is 0 Å². The monoisotopic (exact) mass is 332 g/mol. The number of rotatable bonds is 6. The van der Waals surface area contributed by atoms with Crippen LogP contribution in [0, 0.1) is 5.41 Å². The number of hydrogen-bond acceptors (Lipinski definition) is 4. The standard InChI is InChI=1S/C19H28N2O3/c22-13-17(14-23)21-12-9-19(15-21)8-4-10-20(18(19)24)11-7-16-5-2-1-3-6-16/h1-3,5-6,17,22-23H,4,7-15H2. The fourth-order valence-corrected chi connectivity index (χ4v) is 4.16. The predicted molar refractivity (Wildman–Crippen MR) is 92.5 cm³/mol. The molecular weight excluding hydrogens is 304 g/mol. The SMILES string of the molecule is O=C1N(CCc2ccccc2)CCCC12CCN(C(CO)CO)C2. The van der Waals surface area contributed by atoms with Crippen molar-refractivity contribution >= 4 is 5.91 Å². The fraction of sp³-hybridized carbons (Fsp3) is 0.632. The molecule has 2 aliphatic heterocycles. The van der Waals surface area contributed by atoms with Crippen LogP contribution in [0.4, 0.5) is 0 Å². The molecule has 2 fully saturated rings. The Hall–Kier alpha value is -1.43. The smallest absolute Gasteiger partial charge is 0.230 e. The van der Waals surface area contributed by atoms with Crippen LogP contribution in [0.1, 0.15) is 24.8 Å². The Bertz CT molecular complexity index is 547. The third-order valence-corrected chi connectivity index (χ3v) is 5.66. The second kappa shape index (κ2) is 7.64. The van der Waals surface area contributed by atoms with E-state index in [4.69, 9.17) is 0 Å². The average Bonchev–Trinajstić information content (AvgIpc) is 3.03. The van der Waals surface area contributed by atoms with Crippen molar-refractivity contribution in [3.8, 4) is 0 Å². The van der Waals surface area contributed by atoms with Gasteiger partial charge in [0, 0.05) is 19.6 Å². The minimum Gasteiger partial charge on any atom is -0.395 e. The van der Waals surface area contributed by atoms with Crippen molar-refractivity contribution in [2.24, 2.45) is 5.41 Å². The van der Waals surface area contributed by atoms with Crippen LogP contribution in [-0.4, -0.2) is 71.4 Å². The average molecular weight is 332 g/mol. The van der Waals surface area contributed by atoms with Gasteiger partial charge in [-0.2, -0.15) is 0 Å². The number of carbonyl (C=O) groups is 1. The maximum atomic E-state index is 13.1. The molecule has 1 amide bonds. The number of nitrogens with zero attached hydrogens (tertiary/aromatic N) is 2. The first-order chi connectivity index (χ1) is 11.7. The molecule has 1 unspecified atom stereocenters. The highest BCUT2D eigenvalue weighted by atomic mass is 16.3. The summed E-state index contributed by atoms with van der Waals surface area (Å²) >= 11 is 0. The highest BCUT2D eigenvalue weighted by Crippen LogP contribution is 2.40. The largest absolute Gasteiger partial charge is 0.395 e. The van der Waals surface area contributed by atoms with Crippen LogP contribution in [0.5, 0.6) is 0 Å². The van der Waals surface area contributed by atoms with Gasteiger partial charge < -0.3 is 15.1 Å². The van der Waals surface area contributed by atoms with Crippen LogP contribution in [0.3, 0.4) is 0 Å². The Morgan fingerprint density at radius 1 is 1.08 bits per heavy atom. The molecule has 2 saturated heterocycles. The lowest BCUT2D eigenvalue weighted by molar-refractivity contribution is -0.145. The van der Waals surface area contributed by atoms with E-state index in [1.165, 1.54) is 5.56 Å². The van der Waals surface area contributed by atoms with Crippen LogP contribution in [0.15, 0.2) is 30.3 Å². The number of benzene rings is 1. The summed E-state index contributed by atoms with van der Waals surface area (Å²) in [6.07, 6.45) is 3.69. The first kappa shape index (κ1) is 17.4. The summed E-state index contributed by atoms with van der Waals surface area (Å²) in [5, 5.41) is 18.8. The van der Waals surface area contributed by atoms with Crippen LogP contribution in [-0.2, 0) is 11.2 Å². The summed E-state index contributed by atoms with van der Waals surface area (Å²) in [7, 11) is 0. The van der Waals surface area contributed by atoms with E-state index in [9.17, 15) is 15.0 Å². The molecule has 5 nitrogen and oxygen atoms in total. The van der Waals surface area contributed by atoms with Gasteiger partial charge in [0.2, 0.25) is 5.91 Å². The van der Waals surface area contributed by atoms with Gasteiger partial charge in [-0.1, -0.05) is 30.3 Å². The first-order valence-corrected chi connectivity index (χ1v) is 8.97. The summed E-state index contributed by atoms with van der Waals surface area (Å²) in [4.78, 5) is 17.2. The van der Waals surface area contributed by atoms with Crippen molar-refractivity contribution in [3.05, 3.63) is 35.9 Å². The summed E-state index contributed by atoms with van der Waals surface area (Å²) in [5.74, 6) is 0.266. The van der Waals surface area contributed by atoms with Crippen molar-refractivity contribution in [2.45, 2.75) is 31.7 Å². The molecule has 5 heteroatoms. The van der Waals surface area contributed by atoms with Crippen molar-refractivity contribution < 1.29 is 15.0 Å². The zero-order valence-corrected chi connectivity index (χ0v) is 14.2. The van der Waals surface area contributed by atoms with Crippen molar-refractivity contribution in [1.29, 1.82) is 0 Å². The summed E-state index contributed by atoms with van der Waals surface area (Å²) in [6, 6.07) is 10.1. The number of hydrogen-bond donors (Lipinski definition) is 2. The molecule has 24 heavy (non-hydrogen) atoms. The minimum atomic E-state index is -0.308. The van der Waals surface area contributed by atoms with E-state index >= 15 is 0 Å². The van der Waals surface area contributed by atoms with Crippen LogP contribution in [0.25, 0.3) is 0 Å². The Balaban J connectivity index is 1.63. The van der Waals surface area contributed by atoms with Crippen LogP contribution in [0.2, 0.25) is 0 Å². The molecule has 0 aliphatic carbocycles. The fourth-order valence-electron chi connectivity index (χ4n) is 4.16. The summed E-state index contributed by atoms with van der Waals surface area (Å²) in [6.45, 7) is 2.95. The maximum Gasteiger partial charge on any atom is 0.230 e. The van der Waals surface area contributed by atoms with E-state index < -0.39 is 0 Å². The van der Waals surface area contributed by atoms with Crippen LogP contribution < -0.4 is 0 Å². The third kappa shape index (κ3) is 3.48. The van der Waals surface area contributed by atoms with E-state index in [1.54, 1.807) is 0 Å². The number of likely N-dealkylation sites (tertiary alicyclic amines) is 2. The predicted octanol–water partition coefficient (Wildman–Crippen LogP) is 0.897. The zero-order chi connectivity index (χ0) is 17.0. The molecular formula is C19H28N2O3. The number of aliphatic hydroxyl groups is 2. The Morgan fingerprint density at radius 3 is 2.54 bits per heavy atom. The molecule has 0 saturated carbocycles. The van der Waals surface area contributed by atoms with Gasteiger partial charge in [0.1, 0.15) is 0 Å². The summed E-state index contributed by atoms with van der Waals surface area (Å²) < 4.78 is 0. The van der Waals surface area contributed by atoms with E-state index in [0.29, 0.717) is 6.54 Å². The van der Waals surface area contributed by atoms with Crippen molar-refractivity contribution in [3.63, 3.8) is 0 Å². The molecule has 2 aliphatic rings. The van der Waals surface area contributed by atoms with Gasteiger partial charge in [-0.3, -0.25) is 9.69 Å². The molecule has 1 aromatic rings. The number of piperidine rings is 1. The third-order valence-electron chi connectivity index (χ3n) is 5.66. The highest BCUT2D eigenvalue weighted by molar-refractivity contribution is 5.84. The molecule has 2 N–H and O–H groups in total. The second-order valence-corrected chi connectivity index (χ2v) is 7.15. The lowest BCUT2D eigenvalue weighted by atomic mass is 9.78. The van der Waals surface area contributed by atoms with E-state index in [-0.39, 0.29) is 30.6 Å². The molecule has 132 valence electrons. The first-order valence-electron chi connectivity index (χ1n) is 8.97. The van der Waals surface area contributed by atoms with E-state index in [2.05, 4.69) is 17.0 Å². The number of carbonyl (C=O) groups excluding carboxylic acids is 1. The molecule has 0 radical (unpaired) electrons. The minimum absolute atomic E-state index is 0.0571. The molecule has 0 aromatic heterocycles. The molecule has 1 aromatic carbocycles. The summed E-state index contributed by atoms with van der Waals surface area (Å²) in [5.41, 5.74) is 0.955. The van der Waals surface area contributed by atoms with Crippen molar-refractivity contribution in [1.82, 2.24) is 9.80 Å². The normalized spacial score (nSPS) is 25.1. The van der Waals surface area contributed by atoms with Gasteiger partial charge in [-0.05, 0) is 37.8 Å². The van der Waals surface area contributed by atoms with E-state index in [0.717, 1.165) is 45.3 Å². The van der Waals surface area contributed by atoms with Gasteiger partial charge in [0.15, 0.2) is 0 Å². The topological polar surface area (TPSA) is 64.0 Å². The van der Waals surface area contributed by atoms with Gasteiger partial charge in [-0.25, -0.2) is 0 Å². The second-order valence-electron chi connectivity index (χ2n) is 7.15. The maximum absolute atomic E-state index is 13.1. The van der Waals surface area contributed by atoms with Gasteiger partial charge in [0.05, 0.1) is 24.7 Å². The zero-order valence-electron chi connectivity index (χ0n) is 14.2.